The van der Waals surface area contributed by atoms with Gasteiger partial charge >= 0.3 is 0 Å². The van der Waals surface area contributed by atoms with Gasteiger partial charge in [-0.25, -0.2) is 9.97 Å². The SMILES string of the molecule is Cc1cc(N)ncc1-c1nccs1. The zero-order valence-electron chi connectivity index (χ0n) is 7.19. The summed E-state index contributed by atoms with van der Waals surface area (Å²) in [5.74, 6) is 0.554. The fourth-order valence-electron chi connectivity index (χ4n) is 1.16. The van der Waals surface area contributed by atoms with Crippen molar-refractivity contribution in [2.24, 2.45) is 0 Å². The molecule has 2 aromatic heterocycles. The topological polar surface area (TPSA) is 51.8 Å². The summed E-state index contributed by atoms with van der Waals surface area (Å²) < 4.78 is 0. The van der Waals surface area contributed by atoms with E-state index >= 15 is 0 Å². The third-order valence-corrected chi connectivity index (χ3v) is 2.60. The molecule has 2 N–H and O–H groups in total. The predicted molar refractivity (Wildman–Crippen MR) is 54.5 cm³/mol. The highest BCUT2D eigenvalue weighted by Gasteiger charge is 2.04. The lowest BCUT2D eigenvalue weighted by molar-refractivity contribution is 1.28. The van der Waals surface area contributed by atoms with Crippen molar-refractivity contribution in [3.8, 4) is 10.6 Å². The van der Waals surface area contributed by atoms with Crippen LogP contribution in [0.2, 0.25) is 0 Å². The molecular formula is C9H9N3S. The first kappa shape index (κ1) is 8.19. The molecule has 0 saturated carbocycles. The second-order valence-corrected chi connectivity index (χ2v) is 3.66. The van der Waals surface area contributed by atoms with E-state index in [2.05, 4.69) is 9.97 Å². The summed E-state index contributed by atoms with van der Waals surface area (Å²) in [4.78, 5) is 8.26. The maximum absolute atomic E-state index is 5.55. The van der Waals surface area contributed by atoms with Gasteiger partial charge < -0.3 is 5.73 Å². The Morgan fingerprint density at radius 2 is 2.23 bits per heavy atom. The molecule has 2 heterocycles. The number of nitrogens with zero attached hydrogens (tertiary/aromatic N) is 2. The molecule has 0 aromatic carbocycles. The summed E-state index contributed by atoms with van der Waals surface area (Å²) in [6, 6.07) is 1.86. The molecule has 0 aliphatic carbocycles. The van der Waals surface area contributed by atoms with Crippen molar-refractivity contribution in [1.29, 1.82) is 0 Å². The van der Waals surface area contributed by atoms with Crippen LogP contribution in [0.3, 0.4) is 0 Å². The molecule has 0 fully saturated rings. The van der Waals surface area contributed by atoms with Gasteiger partial charge in [0.1, 0.15) is 10.8 Å². The standard InChI is InChI=1S/C9H9N3S/c1-6-4-8(10)12-5-7(6)9-11-2-3-13-9/h2-5H,1H3,(H2,10,12). The monoisotopic (exact) mass is 191 g/mol. The first-order chi connectivity index (χ1) is 6.27. The van der Waals surface area contributed by atoms with Crippen molar-refractivity contribution >= 4 is 17.2 Å². The highest BCUT2D eigenvalue weighted by molar-refractivity contribution is 7.13. The quantitative estimate of drug-likeness (QED) is 0.751. The van der Waals surface area contributed by atoms with E-state index in [1.54, 1.807) is 23.7 Å². The van der Waals surface area contributed by atoms with Crippen molar-refractivity contribution in [1.82, 2.24) is 9.97 Å². The molecule has 0 unspecified atom stereocenters. The minimum absolute atomic E-state index is 0.554. The van der Waals surface area contributed by atoms with Crippen molar-refractivity contribution in [2.75, 3.05) is 5.73 Å². The van der Waals surface area contributed by atoms with Gasteiger partial charge in [-0.2, -0.15) is 0 Å². The number of nitrogen functional groups attached to an aromatic ring is 1. The van der Waals surface area contributed by atoms with Crippen LogP contribution >= 0.6 is 11.3 Å². The first-order valence-electron chi connectivity index (χ1n) is 3.89. The summed E-state index contributed by atoms with van der Waals surface area (Å²) in [6.07, 6.45) is 3.55. The number of hydrogen-bond acceptors (Lipinski definition) is 4. The van der Waals surface area contributed by atoms with Gasteiger partial charge in [0.2, 0.25) is 0 Å². The van der Waals surface area contributed by atoms with Gasteiger partial charge in [0.15, 0.2) is 0 Å². The molecule has 0 bridgehead atoms. The van der Waals surface area contributed by atoms with Crippen LogP contribution in [-0.2, 0) is 0 Å². The number of anilines is 1. The minimum atomic E-state index is 0.554. The summed E-state index contributed by atoms with van der Waals surface area (Å²) in [6.45, 7) is 2.01. The number of hydrogen-bond donors (Lipinski definition) is 1. The summed E-state index contributed by atoms with van der Waals surface area (Å²) in [7, 11) is 0. The number of aromatic nitrogens is 2. The number of nitrogens with two attached hydrogens (primary N) is 1. The molecule has 3 nitrogen and oxygen atoms in total. The third-order valence-electron chi connectivity index (χ3n) is 1.79. The molecule has 13 heavy (non-hydrogen) atoms. The molecule has 2 rings (SSSR count). The van der Waals surface area contributed by atoms with Crippen LogP contribution in [0.5, 0.6) is 0 Å². The maximum Gasteiger partial charge on any atom is 0.125 e. The normalized spacial score (nSPS) is 10.2. The third kappa shape index (κ3) is 1.53. The van der Waals surface area contributed by atoms with Gasteiger partial charge in [-0.3, -0.25) is 0 Å². The number of thiazole rings is 1. The first-order valence-corrected chi connectivity index (χ1v) is 4.77. The molecule has 66 valence electrons. The van der Waals surface area contributed by atoms with E-state index in [4.69, 9.17) is 5.73 Å². The molecule has 0 amide bonds. The summed E-state index contributed by atoms with van der Waals surface area (Å²) in [5.41, 5.74) is 7.73. The van der Waals surface area contributed by atoms with Gasteiger partial charge in [0, 0.05) is 23.3 Å². The van der Waals surface area contributed by atoms with Crippen LogP contribution in [0.1, 0.15) is 5.56 Å². The average Bonchev–Trinajstić information content (AvgIpc) is 2.56. The Bertz CT molecular complexity index is 409. The average molecular weight is 191 g/mol. The Balaban J connectivity index is 2.53. The molecule has 0 saturated heterocycles. The molecular weight excluding hydrogens is 182 g/mol. The zero-order valence-corrected chi connectivity index (χ0v) is 8.01. The fourth-order valence-corrected chi connectivity index (χ4v) is 1.87. The predicted octanol–water partition coefficient (Wildman–Crippen LogP) is 2.10. The second kappa shape index (κ2) is 3.14. The van der Waals surface area contributed by atoms with E-state index in [1.807, 2.05) is 18.4 Å². The summed E-state index contributed by atoms with van der Waals surface area (Å²) >= 11 is 1.60. The lowest BCUT2D eigenvalue weighted by Crippen LogP contribution is -1.92. The van der Waals surface area contributed by atoms with Gasteiger partial charge in [0.05, 0.1) is 0 Å². The molecule has 0 radical (unpaired) electrons. The Morgan fingerprint density at radius 1 is 1.38 bits per heavy atom. The van der Waals surface area contributed by atoms with Crippen molar-refractivity contribution < 1.29 is 0 Å². The molecule has 0 spiro atoms. The number of aryl methyl sites for hydroxylation is 1. The Kier molecular flexibility index (Phi) is 1.98. The molecule has 2 aromatic rings. The van der Waals surface area contributed by atoms with E-state index in [9.17, 15) is 0 Å². The van der Waals surface area contributed by atoms with E-state index in [-0.39, 0.29) is 0 Å². The lowest BCUT2D eigenvalue weighted by atomic mass is 10.2. The Hall–Kier alpha value is -1.42. The van der Waals surface area contributed by atoms with E-state index in [1.165, 1.54) is 0 Å². The largest absolute Gasteiger partial charge is 0.384 e. The van der Waals surface area contributed by atoms with Crippen LogP contribution in [0.4, 0.5) is 5.82 Å². The van der Waals surface area contributed by atoms with Crippen LogP contribution in [-0.4, -0.2) is 9.97 Å². The maximum atomic E-state index is 5.55. The Labute approximate surface area is 80.3 Å². The van der Waals surface area contributed by atoms with Gasteiger partial charge in [-0.1, -0.05) is 0 Å². The highest BCUT2D eigenvalue weighted by Crippen LogP contribution is 2.24. The van der Waals surface area contributed by atoms with Gasteiger partial charge in [-0.15, -0.1) is 11.3 Å². The molecule has 0 aliphatic rings. The lowest BCUT2D eigenvalue weighted by Gasteiger charge is -2.01. The van der Waals surface area contributed by atoms with Crippen LogP contribution in [0, 0.1) is 6.92 Å². The van der Waals surface area contributed by atoms with E-state index < -0.39 is 0 Å². The van der Waals surface area contributed by atoms with Crippen LogP contribution in [0.15, 0.2) is 23.8 Å². The zero-order chi connectivity index (χ0) is 9.26. The second-order valence-electron chi connectivity index (χ2n) is 2.76. The highest BCUT2D eigenvalue weighted by atomic mass is 32.1. The van der Waals surface area contributed by atoms with E-state index in [0.717, 1.165) is 16.1 Å². The minimum Gasteiger partial charge on any atom is -0.384 e. The van der Waals surface area contributed by atoms with Gasteiger partial charge in [-0.05, 0) is 18.6 Å². The fraction of sp³-hybridized carbons (Fsp3) is 0.111. The van der Waals surface area contributed by atoms with Crippen LogP contribution < -0.4 is 5.73 Å². The van der Waals surface area contributed by atoms with Gasteiger partial charge in [0.25, 0.3) is 0 Å². The number of rotatable bonds is 1. The molecule has 0 aliphatic heterocycles. The Morgan fingerprint density at radius 3 is 2.85 bits per heavy atom. The summed E-state index contributed by atoms with van der Waals surface area (Å²) in [5, 5.41) is 2.94. The van der Waals surface area contributed by atoms with Crippen LogP contribution in [0.25, 0.3) is 10.6 Å². The van der Waals surface area contributed by atoms with Crippen molar-refractivity contribution in [3.63, 3.8) is 0 Å². The number of pyridine rings is 1. The van der Waals surface area contributed by atoms with Crippen molar-refractivity contribution in [3.05, 3.63) is 29.4 Å². The smallest absolute Gasteiger partial charge is 0.125 e. The molecule has 0 atom stereocenters. The van der Waals surface area contributed by atoms with E-state index in [0.29, 0.717) is 5.82 Å². The van der Waals surface area contributed by atoms with Crippen molar-refractivity contribution in [2.45, 2.75) is 6.92 Å². The molecule has 4 heteroatoms.